The van der Waals surface area contributed by atoms with Gasteiger partial charge in [-0.1, -0.05) is 5.10 Å². The molecule has 0 saturated heterocycles. The zero-order valence-corrected chi connectivity index (χ0v) is 8.47. The van der Waals surface area contributed by atoms with Crippen LogP contribution in [0.2, 0.25) is 0 Å². The molecule has 0 bridgehead atoms. The second-order valence-corrected chi connectivity index (χ2v) is 3.24. The molecule has 1 aromatic heterocycles. The van der Waals surface area contributed by atoms with Gasteiger partial charge in [0.1, 0.15) is 0 Å². The molecule has 0 saturated carbocycles. The largest absolute Gasteiger partial charge is 0.407 e. The van der Waals surface area contributed by atoms with Crippen LogP contribution in [0.5, 0.6) is 0 Å². The maximum Gasteiger partial charge on any atom is 0.317 e. The number of rotatable bonds is 5. The summed E-state index contributed by atoms with van der Waals surface area (Å²) >= 11 is 0. The van der Waals surface area contributed by atoms with E-state index in [-0.39, 0.29) is 12.6 Å². The van der Waals surface area contributed by atoms with Crippen LogP contribution in [-0.2, 0) is 6.54 Å². The highest BCUT2D eigenvalue weighted by molar-refractivity contribution is 5.21. The SMILES string of the molecule is CC(O)CCN(C)c1nnc(CN)o1. The average molecular weight is 200 g/mol. The first-order chi connectivity index (χ1) is 6.63. The minimum atomic E-state index is -0.325. The van der Waals surface area contributed by atoms with E-state index < -0.39 is 0 Å². The van der Waals surface area contributed by atoms with Crippen LogP contribution >= 0.6 is 0 Å². The van der Waals surface area contributed by atoms with E-state index in [0.717, 1.165) is 0 Å². The highest BCUT2D eigenvalue weighted by atomic mass is 16.4. The van der Waals surface area contributed by atoms with Gasteiger partial charge < -0.3 is 20.2 Å². The number of aromatic nitrogens is 2. The third-order valence-corrected chi connectivity index (χ3v) is 1.84. The Kier molecular flexibility index (Phi) is 3.84. The van der Waals surface area contributed by atoms with Crippen molar-refractivity contribution < 1.29 is 9.52 Å². The molecule has 1 atom stereocenters. The predicted molar refractivity (Wildman–Crippen MR) is 51.8 cm³/mol. The van der Waals surface area contributed by atoms with Gasteiger partial charge in [0.25, 0.3) is 0 Å². The summed E-state index contributed by atoms with van der Waals surface area (Å²) in [6, 6.07) is 0.436. The Morgan fingerprint density at radius 1 is 1.57 bits per heavy atom. The van der Waals surface area contributed by atoms with Gasteiger partial charge in [-0.05, 0) is 13.3 Å². The van der Waals surface area contributed by atoms with E-state index in [1.807, 2.05) is 7.05 Å². The minimum Gasteiger partial charge on any atom is -0.407 e. The molecule has 1 aromatic rings. The molecular weight excluding hydrogens is 184 g/mol. The molecule has 0 aromatic carbocycles. The molecule has 14 heavy (non-hydrogen) atoms. The molecule has 6 nitrogen and oxygen atoms in total. The van der Waals surface area contributed by atoms with Crippen LogP contribution in [0.25, 0.3) is 0 Å². The summed E-state index contributed by atoms with van der Waals surface area (Å²) in [6.45, 7) is 2.66. The number of hydrogen-bond donors (Lipinski definition) is 2. The highest BCUT2D eigenvalue weighted by Gasteiger charge is 2.09. The van der Waals surface area contributed by atoms with Crippen molar-refractivity contribution in [2.24, 2.45) is 5.73 Å². The van der Waals surface area contributed by atoms with Crippen molar-refractivity contribution in [3.8, 4) is 0 Å². The number of nitrogens with two attached hydrogens (primary N) is 1. The molecule has 1 heterocycles. The van der Waals surface area contributed by atoms with Gasteiger partial charge in [-0.15, -0.1) is 5.10 Å². The first-order valence-corrected chi connectivity index (χ1v) is 4.55. The number of nitrogens with zero attached hydrogens (tertiary/aromatic N) is 3. The lowest BCUT2D eigenvalue weighted by molar-refractivity contribution is 0.186. The Bertz CT molecular complexity index is 274. The zero-order valence-electron chi connectivity index (χ0n) is 8.47. The molecule has 6 heteroatoms. The number of aliphatic hydroxyl groups is 1. The van der Waals surface area contributed by atoms with Crippen LogP contribution < -0.4 is 10.6 Å². The lowest BCUT2D eigenvalue weighted by atomic mass is 10.3. The second kappa shape index (κ2) is 4.92. The fourth-order valence-electron chi connectivity index (χ4n) is 0.958. The molecule has 0 spiro atoms. The maximum absolute atomic E-state index is 9.09. The first-order valence-electron chi connectivity index (χ1n) is 4.55. The third-order valence-electron chi connectivity index (χ3n) is 1.84. The first kappa shape index (κ1) is 10.9. The summed E-state index contributed by atoms with van der Waals surface area (Å²) in [7, 11) is 1.83. The number of hydrogen-bond acceptors (Lipinski definition) is 6. The normalized spacial score (nSPS) is 12.9. The highest BCUT2D eigenvalue weighted by Crippen LogP contribution is 2.10. The van der Waals surface area contributed by atoms with E-state index in [2.05, 4.69) is 10.2 Å². The van der Waals surface area contributed by atoms with Crippen molar-refractivity contribution >= 4 is 6.01 Å². The van der Waals surface area contributed by atoms with Crippen LogP contribution in [0.15, 0.2) is 4.42 Å². The summed E-state index contributed by atoms with van der Waals surface area (Å²) in [5, 5.41) is 16.6. The summed E-state index contributed by atoms with van der Waals surface area (Å²) in [5.74, 6) is 0.420. The van der Waals surface area contributed by atoms with E-state index in [0.29, 0.717) is 24.9 Å². The van der Waals surface area contributed by atoms with Crippen LogP contribution in [0, 0.1) is 0 Å². The van der Waals surface area contributed by atoms with Crippen molar-refractivity contribution in [3.05, 3.63) is 5.89 Å². The van der Waals surface area contributed by atoms with Gasteiger partial charge in [-0.2, -0.15) is 0 Å². The lowest BCUT2D eigenvalue weighted by Crippen LogP contribution is -2.22. The molecule has 1 rings (SSSR count). The van der Waals surface area contributed by atoms with Gasteiger partial charge in [-0.3, -0.25) is 0 Å². The molecule has 0 aliphatic rings. The minimum absolute atomic E-state index is 0.247. The fraction of sp³-hybridized carbons (Fsp3) is 0.750. The Morgan fingerprint density at radius 2 is 2.29 bits per heavy atom. The smallest absolute Gasteiger partial charge is 0.317 e. The Labute approximate surface area is 82.7 Å². The van der Waals surface area contributed by atoms with Crippen LogP contribution in [0.3, 0.4) is 0 Å². The van der Waals surface area contributed by atoms with Crippen LogP contribution in [0.4, 0.5) is 6.01 Å². The Balaban J connectivity index is 2.47. The van der Waals surface area contributed by atoms with Gasteiger partial charge in [0.2, 0.25) is 5.89 Å². The van der Waals surface area contributed by atoms with Gasteiger partial charge in [-0.25, -0.2) is 0 Å². The molecule has 0 aliphatic carbocycles. The molecule has 0 amide bonds. The van der Waals surface area contributed by atoms with Crippen LogP contribution in [0.1, 0.15) is 19.2 Å². The van der Waals surface area contributed by atoms with E-state index in [1.165, 1.54) is 0 Å². The fourth-order valence-corrected chi connectivity index (χ4v) is 0.958. The molecule has 3 N–H and O–H groups in total. The average Bonchev–Trinajstić information content (AvgIpc) is 2.62. The number of aliphatic hydroxyl groups excluding tert-OH is 1. The van der Waals surface area contributed by atoms with Gasteiger partial charge in [0, 0.05) is 13.6 Å². The molecule has 0 aliphatic heterocycles. The standard InChI is InChI=1S/C8H16N4O2/c1-6(13)3-4-12(2)8-11-10-7(5-9)14-8/h6,13H,3-5,9H2,1-2H3. The Hall–Kier alpha value is -1.14. The molecular formula is C8H16N4O2. The quantitative estimate of drug-likeness (QED) is 0.680. The zero-order chi connectivity index (χ0) is 10.6. The third kappa shape index (κ3) is 2.97. The molecule has 0 radical (unpaired) electrons. The summed E-state index contributed by atoms with van der Waals surface area (Å²) in [5.41, 5.74) is 5.33. The van der Waals surface area contributed by atoms with Crippen molar-refractivity contribution in [2.45, 2.75) is 26.0 Å². The maximum atomic E-state index is 9.09. The summed E-state index contributed by atoms with van der Waals surface area (Å²) < 4.78 is 5.22. The van der Waals surface area contributed by atoms with Crippen molar-refractivity contribution in [3.63, 3.8) is 0 Å². The van der Waals surface area contributed by atoms with Crippen molar-refractivity contribution in [1.82, 2.24) is 10.2 Å². The van der Waals surface area contributed by atoms with E-state index in [4.69, 9.17) is 15.3 Å². The molecule has 0 fully saturated rings. The topological polar surface area (TPSA) is 88.4 Å². The van der Waals surface area contributed by atoms with E-state index >= 15 is 0 Å². The number of anilines is 1. The molecule has 1 unspecified atom stereocenters. The second-order valence-electron chi connectivity index (χ2n) is 3.24. The van der Waals surface area contributed by atoms with Crippen molar-refractivity contribution in [1.29, 1.82) is 0 Å². The van der Waals surface area contributed by atoms with Crippen LogP contribution in [-0.4, -0.2) is 35.0 Å². The Morgan fingerprint density at radius 3 is 2.79 bits per heavy atom. The van der Waals surface area contributed by atoms with E-state index in [9.17, 15) is 0 Å². The lowest BCUT2D eigenvalue weighted by Gasteiger charge is -2.14. The van der Waals surface area contributed by atoms with Gasteiger partial charge in [0.05, 0.1) is 12.6 Å². The van der Waals surface area contributed by atoms with E-state index in [1.54, 1.807) is 11.8 Å². The molecule has 80 valence electrons. The summed E-state index contributed by atoms with van der Waals surface area (Å²) in [6.07, 6.45) is 0.339. The monoisotopic (exact) mass is 200 g/mol. The van der Waals surface area contributed by atoms with Crippen molar-refractivity contribution in [2.75, 3.05) is 18.5 Å². The van der Waals surface area contributed by atoms with Gasteiger partial charge >= 0.3 is 6.01 Å². The van der Waals surface area contributed by atoms with Gasteiger partial charge in [0.15, 0.2) is 0 Å². The summed E-state index contributed by atoms with van der Waals surface area (Å²) in [4.78, 5) is 1.79. The predicted octanol–water partition coefficient (Wildman–Crippen LogP) is -0.265.